The summed E-state index contributed by atoms with van der Waals surface area (Å²) in [6.07, 6.45) is 10.9. The van der Waals surface area contributed by atoms with Crippen molar-refractivity contribution in [2.75, 3.05) is 0 Å². The van der Waals surface area contributed by atoms with E-state index in [1.54, 1.807) is 0 Å². The zero-order valence-electron chi connectivity index (χ0n) is 22.4. The van der Waals surface area contributed by atoms with E-state index >= 15 is 26.3 Å². The van der Waals surface area contributed by atoms with Gasteiger partial charge in [-0.2, -0.15) is 0 Å². The van der Waals surface area contributed by atoms with Gasteiger partial charge in [0.1, 0.15) is 21.6 Å². The predicted octanol–water partition coefficient (Wildman–Crippen LogP) is 9.74. The molecule has 0 aliphatic heterocycles. The Morgan fingerprint density at radius 3 is 1.23 bits per heavy atom. The van der Waals surface area contributed by atoms with Gasteiger partial charge in [-0.25, -0.2) is 26.3 Å². The first-order valence-corrected chi connectivity index (χ1v) is 15.2. The summed E-state index contributed by atoms with van der Waals surface area (Å²) in [6, 6.07) is 0. The number of halogens is 6. The maximum atomic E-state index is 15.7. The number of unbranched alkanes of at least 4 members (excludes halogenated alkanes) is 8. The predicted molar refractivity (Wildman–Crippen MR) is 146 cm³/mol. The van der Waals surface area contributed by atoms with E-state index in [1.165, 1.54) is 0 Å². The Labute approximate surface area is 236 Å². The Morgan fingerprint density at radius 1 is 0.450 bits per heavy atom. The molecule has 4 rings (SSSR count). The molecule has 4 aromatic rings. The molecule has 0 fully saturated rings. The average molecular weight is 601 g/mol. The quantitative estimate of drug-likeness (QED) is 0.0821. The van der Waals surface area contributed by atoms with Crippen molar-refractivity contribution in [1.29, 1.82) is 0 Å². The number of rotatable bonds is 14. The zero-order chi connectivity index (χ0) is 28.8. The second kappa shape index (κ2) is 13.8. The standard InChI is InChI=1S/C28H30F6N4S2/c1-3-5-7-9-11-13-15-35-37-27(39-15)19-21(29)17-18(23(31)25(19)33)24(32)26(34)20(22(17)30)28-38-36-16(40-28)14-12-10-8-6-4-2/h3-14H2,1-2H3. The van der Waals surface area contributed by atoms with E-state index in [2.05, 4.69) is 34.2 Å². The molecule has 0 amide bonds. The van der Waals surface area contributed by atoms with Crippen molar-refractivity contribution in [2.45, 2.75) is 90.9 Å². The number of hydrogen-bond donors (Lipinski definition) is 0. The van der Waals surface area contributed by atoms with E-state index in [1.807, 2.05) is 0 Å². The molecule has 0 spiro atoms. The van der Waals surface area contributed by atoms with Crippen LogP contribution in [0, 0.1) is 34.9 Å². The number of hydrogen-bond acceptors (Lipinski definition) is 6. The molecule has 12 heteroatoms. The summed E-state index contributed by atoms with van der Waals surface area (Å²) in [7, 11) is 0. The molecule has 2 heterocycles. The first kappa shape index (κ1) is 30.4. The number of aromatic nitrogens is 4. The first-order chi connectivity index (χ1) is 19.3. The Bertz CT molecular complexity index is 1360. The van der Waals surface area contributed by atoms with Gasteiger partial charge in [0.05, 0.1) is 21.9 Å². The van der Waals surface area contributed by atoms with Gasteiger partial charge in [0.15, 0.2) is 33.3 Å². The maximum Gasteiger partial charge on any atom is 0.172 e. The molecular weight excluding hydrogens is 570 g/mol. The third-order valence-corrected chi connectivity index (χ3v) is 8.74. The summed E-state index contributed by atoms with van der Waals surface area (Å²) >= 11 is 1.69. The lowest BCUT2D eigenvalue weighted by molar-refractivity contribution is 0.482. The van der Waals surface area contributed by atoms with E-state index in [4.69, 9.17) is 0 Å². The third kappa shape index (κ3) is 6.32. The van der Waals surface area contributed by atoms with Gasteiger partial charge in [0.2, 0.25) is 0 Å². The van der Waals surface area contributed by atoms with Crippen molar-refractivity contribution < 1.29 is 26.3 Å². The minimum atomic E-state index is -1.91. The van der Waals surface area contributed by atoms with E-state index in [9.17, 15) is 0 Å². The van der Waals surface area contributed by atoms with Crippen molar-refractivity contribution in [3.05, 3.63) is 44.9 Å². The van der Waals surface area contributed by atoms with Gasteiger partial charge >= 0.3 is 0 Å². The largest absolute Gasteiger partial charge is 0.205 e. The Morgan fingerprint density at radius 2 is 0.825 bits per heavy atom. The van der Waals surface area contributed by atoms with Gasteiger partial charge in [-0.05, 0) is 12.8 Å². The van der Waals surface area contributed by atoms with E-state index < -0.39 is 56.8 Å². The third-order valence-electron chi connectivity index (χ3n) is 6.74. The van der Waals surface area contributed by atoms with Crippen LogP contribution in [0.3, 0.4) is 0 Å². The lowest BCUT2D eigenvalue weighted by atomic mass is 10.00. The molecular formula is C28H30F6N4S2. The minimum absolute atomic E-state index is 0.314. The van der Waals surface area contributed by atoms with Crippen LogP contribution in [0.25, 0.3) is 31.9 Å². The molecule has 0 aliphatic carbocycles. The SMILES string of the molecule is CCCCCCCc1nnc(-c2c(F)c(F)c3c(F)c(F)c(-c4nnc(CCCCCCC)s4)c(F)c3c2F)s1. The number of aryl methyl sites for hydroxylation is 2. The number of nitrogens with zero attached hydrogens (tertiary/aromatic N) is 4. The van der Waals surface area contributed by atoms with Crippen LogP contribution in [0.15, 0.2) is 0 Å². The Balaban J connectivity index is 1.71. The molecule has 0 unspecified atom stereocenters. The monoisotopic (exact) mass is 600 g/mol. The average Bonchev–Trinajstić information content (AvgIpc) is 3.59. The van der Waals surface area contributed by atoms with Gasteiger partial charge < -0.3 is 0 Å². The lowest BCUT2D eigenvalue weighted by Gasteiger charge is -2.12. The molecule has 2 aromatic carbocycles. The summed E-state index contributed by atoms with van der Waals surface area (Å²) in [5, 5.41) is 13.1. The second-order valence-electron chi connectivity index (χ2n) is 9.71. The highest BCUT2D eigenvalue weighted by molar-refractivity contribution is 7.15. The van der Waals surface area contributed by atoms with Gasteiger partial charge in [-0.3, -0.25) is 0 Å². The van der Waals surface area contributed by atoms with Gasteiger partial charge in [-0.1, -0.05) is 87.9 Å². The fraction of sp³-hybridized carbons (Fsp3) is 0.500. The van der Waals surface area contributed by atoms with Gasteiger partial charge in [0, 0.05) is 12.8 Å². The van der Waals surface area contributed by atoms with E-state index in [0.29, 0.717) is 22.9 Å². The Hall–Kier alpha value is -2.60. The summed E-state index contributed by atoms with van der Waals surface area (Å²) in [5.41, 5.74) is -1.94. The van der Waals surface area contributed by atoms with Crippen LogP contribution in [-0.4, -0.2) is 20.4 Å². The summed E-state index contributed by atoms with van der Waals surface area (Å²) in [6.45, 7) is 4.19. The zero-order valence-corrected chi connectivity index (χ0v) is 24.0. The smallest absolute Gasteiger partial charge is 0.172 e. The molecule has 0 radical (unpaired) electrons. The highest BCUT2D eigenvalue weighted by Crippen LogP contribution is 2.42. The minimum Gasteiger partial charge on any atom is -0.205 e. The molecule has 0 aliphatic rings. The van der Waals surface area contributed by atoms with Crippen LogP contribution < -0.4 is 0 Å². The van der Waals surface area contributed by atoms with E-state index in [0.717, 1.165) is 86.9 Å². The molecule has 0 saturated heterocycles. The maximum absolute atomic E-state index is 15.7. The molecule has 0 saturated carbocycles. The van der Waals surface area contributed by atoms with Crippen LogP contribution in [-0.2, 0) is 12.8 Å². The van der Waals surface area contributed by atoms with Gasteiger partial charge in [-0.15, -0.1) is 20.4 Å². The van der Waals surface area contributed by atoms with Crippen LogP contribution in [0.4, 0.5) is 26.3 Å². The molecule has 0 atom stereocenters. The molecule has 40 heavy (non-hydrogen) atoms. The molecule has 4 nitrogen and oxygen atoms in total. The van der Waals surface area contributed by atoms with Crippen LogP contribution in [0.5, 0.6) is 0 Å². The fourth-order valence-corrected chi connectivity index (χ4v) is 6.39. The molecule has 0 bridgehead atoms. The molecule has 2 aromatic heterocycles. The highest BCUT2D eigenvalue weighted by atomic mass is 32.1. The summed E-state index contributed by atoms with van der Waals surface area (Å²) < 4.78 is 91.6. The van der Waals surface area contributed by atoms with Crippen molar-refractivity contribution >= 4 is 33.4 Å². The van der Waals surface area contributed by atoms with Crippen LogP contribution >= 0.6 is 22.7 Å². The highest BCUT2D eigenvalue weighted by Gasteiger charge is 2.33. The Kier molecular flexibility index (Phi) is 10.5. The van der Waals surface area contributed by atoms with Gasteiger partial charge in [0.25, 0.3) is 0 Å². The van der Waals surface area contributed by atoms with Crippen molar-refractivity contribution in [2.24, 2.45) is 0 Å². The summed E-state index contributed by atoms with van der Waals surface area (Å²) in [4.78, 5) is 0. The van der Waals surface area contributed by atoms with Crippen molar-refractivity contribution in [3.8, 4) is 21.1 Å². The first-order valence-electron chi connectivity index (χ1n) is 13.6. The second-order valence-corrected chi connectivity index (χ2v) is 11.8. The summed E-state index contributed by atoms with van der Waals surface area (Å²) in [5.74, 6) is -10.6. The fourth-order valence-electron chi connectivity index (χ4n) is 4.56. The topological polar surface area (TPSA) is 51.6 Å². The number of fused-ring (bicyclic) bond motifs is 1. The van der Waals surface area contributed by atoms with Crippen LogP contribution in [0.2, 0.25) is 0 Å². The van der Waals surface area contributed by atoms with Crippen molar-refractivity contribution in [3.63, 3.8) is 0 Å². The van der Waals surface area contributed by atoms with Crippen molar-refractivity contribution in [1.82, 2.24) is 20.4 Å². The molecule has 0 N–H and O–H groups in total. The number of benzene rings is 2. The lowest BCUT2D eigenvalue weighted by Crippen LogP contribution is -2.05. The van der Waals surface area contributed by atoms with E-state index in [-0.39, 0.29) is 10.0 Å². The molecule has 216 valence electrons. The normalized spacial score (nSPS) is 11.7. The van der Waals surface area contributed by atoms with Crippen LogP contribution in [0.1, 0.15) is 88.1 Å².